The van der Waals surface area contributed by atoms with E-state index in [1.165, 1.54) is 4.57 Å². The molecule has 2 aromatic carbocycles. The maximum absolute atomic E-state index is 12.3. The van der Waals surface area contributed by atoms with Gasteiger partial charge < -0.3 is 14.5 Å². The quantitative estimate of drug-likeness (QED) is 0.484. The molecule has 0 aliphatic heterocycles. The zero-order chi connectivity index (χ0) is 25.8. The lowest BCUT2D eigenvalue weighted by Gasteiger charge is -2.19. The Morgan fingerprint density at radius 2 is 1.83 bits per heavy atom. The summed E-state index contributed by atoms with van der Waals surface area (Å²) in [6, 6.07) is 13.8. The highest BCUT2D eigenvalue weighted by molar-refractivity contribution is 7.89. The molecule has 0 bridgehead atoms. The summed E-state index contributed by atoms with van der Waals surface area (Å²) in [6.45, 7) is 4.97. The predicted octanol–water partition coefficient (Wildman–Crippen LogP) is 2.68. The van der Waals surface area contributed by atoms with Crippen molar-refractivity contribution in [3.8, 4) is 17.2 Å². The first-order chi connectivity index (χ1) is 16.4. The van der Waals surface area contributed by atoms with Crippen LogP contribution in [0.5, 0.6) is 0 Å². The van der Waals surface area contributed by atoms with Crippen molar-refractivity contribution in [2.75, 3.05) is 12.3 Å². The number of ether oxygens (including phenoxy) is 1. The average molecular weight is 501 g/mol. The summed E-state index contributed by atoms with van der Waals surface area (Å²) in [5, 5.41) is 11.8. The van der Waals surface area contributed by atoms with E-state index in [0.717, 1.165) is 16.7 Å². The number of nitriles is 1. The van der Waals surface area contributed by atoms with E-state index in [1.54, 1.807) is 33.9 Å². The summed E-state index contributed by atoms with van der Waals surface area (Å²) in [6.07, 6.45) is -0.538. The summed E-state index contributed by atoms with van der Waals surface area (Å²) in [5.41, 5.74) is 3.04. The van der Waals surface area contributed by atoms with Crippen LogP contribution in [0.4, 0.5) is 4.79 Å². The number of nitrogens with one attached hydrogen (secondary N) is 2. The van der Waals surface area contributed by atoms with Crippen molar-refractivity contribution < 1.29 is 22.4 Å². The van der Waals surface area contributed by atoms with Crippen LogP contribution in [0.25, 0.3) is 22.2 Å². The van der Waals surface area contributed by atoms with Crippen LogP contribution in [-0.4, -0.2) is 43.0 Å². The van der Waals surface area contributed by atoms with Gasteiger partial charge in [0, 0.05) is 20.0 Å². The van der Waals surface area contributed by atoms with Crippen LogP contribution < -0.4 is 15.8 Å². The molecule has 0 aliphatic rings. The number of nitrogens with zero attached hydrogens (tertiary/aromatic N) is 2. The lowest BCUT2D eigenvalue weighted by molar-refractivity contribution is 0.0531. The van der Waals surface area contributed by atoms with Gasteiger partial charge in [0.05, 0.1) is 17.3 Å². The molecule has 0 saturated heterocycles. The van der Waals surface area contributed by atoms with Crippen molar-refractivity contribution >= 4 is 27.2 Å². The van der Waals surface area contributed by atoms with E-state index in [1.807, 2.05) is 42.5 Å². The van der Waals surface area contributed by atoms with Gasteiger partial charge in [0.2, 0.25) is 10.0 Å². The number of hydrogen-bond donors (Lipinski definition) is 2. The smallest absolute Gasteiger partial charge is 0.419 e. The summed E-state index contributed by atoms with van der Waals surface area (Å²) in [7, 11) is -2.17. The molecule has 0 saturated carbocycles. The van der Waals surface area contributed by atoms with Gasteiger partial charge in [0.15, 0.2) is 5.58 Å². The minimum Gasteiger partial charge on any atom is -0.444 e. The normalized spacial score (nSPS) is 12.8. The highest BCUT2D eigenvalue weighted by atomic mass is 32.2. The summed E-state index contributed by atoms with van der Waals surface area (Å²) in [5.74, 6) is -0.819. The van der Waals surface area contributed by atoms with Crippen LogP contribution in [0.15, 0.2) is 51.7 Å². The van der Waals surface area contributed by atoms with Crippen LogP contribution >= 0.6 is 0 Å². The average Bonchev–Trinajstić information content (AvgIpc) is 3.05. The maximum atomic E-state index is 12.3. The fourth-order valence-corrected chi connectivity index (χ4v) is 4.42. The second-order valence-corrected chi connectivity index (χ2v) is 10.9. The highest BCUT2D eigenvalue weighted by Gasteiger charge is 2.20. The predicted molar refractivity (Wildman–Crippen MR) is 131 cm³/mol. The first-order valence-electron chi connectivity index (χ1n) is 10.9. The van der Waals surface area contributed by atoms with Gasteiger partial charge in [-0.3, -0.25) is 4.57 Å². The molecule has 1 atom stereocenters. The Balaban J connectivity index is 1.60. The van der Waals surface area contributed by atoms with Gasteiger partial charge in [-0.2, -0.15) is 9.98 Å². The monoisotopic (exact) mass is 500 g/mol. The van der Waals surface area contributed by atoms with Crippen molar-refractivity contribution in [1.82, 2.24) is 14.6 Å². The zero-order valence-electron chi connectivity index (χ0n) is 20.0. The van der Waals surface area contributed by atoms with Gasteiger partial charge in [-0.15, -0.1) is 0 Å². The number of aryl methyl sites for hydroxylation is 1. The first-order valence-corrected chi connectivity index (χ1v) is 12.6. The molecule has 10 nitrogen and oxygen atoms in total. The van der Waals surface area contributed by atoms with E-state index in [2.05, 4.69) is 10.0 Å². The molecule has 0 radical (unpaired) electrons. The SMILES string of the molecule is Cn1c(=O)oc2ccc(-c3ccc(C[C@@H](C#N)NS(=O)(=O)CCNC(=O)OC(C)(C)C)cc3)cc21. The molecule has 0 aliphatic carbocycles. The molecule has 11 heteroatoms. The lowest BCUT2D eigenvalue weighted by atomic mass is 10.0. The third kappa shape index (κ3) is 7.18. The first kappa shape index (κ1) is 26.0. The third-order valence-electron chi connectivity index (χ3n) is 5.04. The molecule has 3 aromatic rings. The summed E-state index contributed by atoms with van der Waals surface area (Å²) >= 11 is 0. The molecule has 3 rings (SSSR count). The number of rotatable bonds is 8. The van der Waals surface area contributed by atoms with Gasteiger partial charge >= 0.3 is 11.8 Å². The molecule has 1 amide bonds. The number of aromatic nitrogens is 1. The molecule has 0 spiro atoms. The highest BCUT2D eigenvalue weighted by Crippen LogP contribution is 2.24. The Bertz CT molecular complexity index is 1410. The fourth-order valence-electron chi connectivity index (χ4n) is 3.37. The van der Waals surface area contributed by atoms with E-state index in [0.29, 0.717) is 11.1 Å². The topological polar surface area (TPSA) is 143 Å². The molecular formula is C24H28N4O6S. The number of carbonyl (C=O) groups excluding carboxylic acids is 1. The van der Waals surface area contributed by atoms with Gasteiger partial charge in [-0.1, -0.05) is 30.3 Å². The van der Waals surface area contributed by atoms with Gasteiger partial charge in [-0.05, 0) is 49.6 Å². The Morgan fingerprint density at radius 3 is 2.46 bits per heavy atom. The lowest BCUT2D eigenvalue weighted by Crippen LogP contribution is -2.41. The molecular weight excluding hydrogens is 472 g/mol. The van der Waals surface area contributed by atoms with E-state index in [4.69, 9.17) is 9.15 Å². The Morgan fingerprint density at radius 1 is 1.17 bits per heavy atom. The second kappa shape index (κ2) is 10.3. The minimum atomic E-state index is -3.81. The number of fused-ring (bicyclic) bond motifs is 1. The number of benzene rings is 2. The fraction of sp³-hybridized carbons (Fsp3) is 0.375. The third-order valence-corrected chi connectivity index (χ3v) is 6.42. The maximum Gasteiger partial charge on any atom is 0.419 e. The zero-order valence-corrected chi connectivity index (χ0v) is 20.8. The van der Waals surface area contributed by atoms with Crippen molar-refractivity contribution in [3.63, 3.8) is 0 Å². The van der Waals surface area contributed by atoms with Crippen molar-refractivity contribution in [1.29, 1.82) is 5.26 Å². The van der Waals surface area contributed by atoms with Crippen molar-refractivity contribution in [2.24, 2.45) is 7.05 Å². The molecule has 0 unspecified atom stereocenters. The Labute approximate surface area is 203 Å². The molecule has 1 heterocycles. The van der Waals surface area contributed by atoms with Gasteiger partial charge in [0.1, 0.15) is 11.6 Å². The Kier molecular flexibility index (Phi) is 7.67. The van der Waals surface area contributed by atoms with Crippen molar-refractivity contribution in [3.05, 3.63) is 58.6 Å². The molecule has 2 N–H and O–H groups in total. The van der Waals surface area contributed by atoms with Gasteiger partial charge in [-0.25, -0.2) is 18.0 Å². The largest absolute Gasteiger partial charge is 0.444 e. The van der Waals surface area contributed by atoms with E-state index >= 15 is 0 Å². The number of alkyl carbamates (subject to hydrolysis) is 1. The molecule has 35 heavy (non-hydrogen) atoms. The molecule has 1 aromatic heterocycles. The van der Waals surface area contributed by atoms with Crippen LogP contribution in [-0.2, 0) is 28.2 Å². The number of oxazole rings is 1. The number of carbonyl (C=O) groups is 1. The van der Waals surface area contributed by atoms with Gasteiger partial charge in [0.25, 0.3) is 0 Å². The van der Waals surface area contributed by atoms with E-state index < -0.39 is 33.5 Å². The number of hydrogen-bond acceptors (Lipinski definition) is 7. The summed E-state index contributed by atoms with van der Waals surface area (Å²) in [4.78, 5) is 23.4. The van der Waals surface area contributed by atoms with Crippen LogP contribution in [0, 0.1) is 11.3 Å². The standard InChI is InChI=1S/C24H28N4O6S/c1-24(2,3)34-22(29)26-11-12-35(31,32)27-19(15-25)13-16-5-7-17(8-6-16)18-9-10-21-20(14-18)28(4)23(30)33-21/h5-10,14,19,27H,11-13H2,1-4H3,(H,26,29)/t19-/m0/s1. The number of amides is 1. The molecule has 0 fully saturated rings. The second-order valence-electron chi connectivity index (χ2n) is 9.06. The van der Waals surface area contributed by atoms with E-state index in [9.17, 15) is 23.3 Å². The number of sulfonamides is 1. The molecule has 186 valence electrons. The van der Waals surface area contributed by atoms with Crippen molar-refractivity contribution in [2.45, 2.75) is 38.8 Å². The van der Waals surface area contributed by atoms with Crippen LogP contribution in [0.3, 0.4) is 0 Å². The Hall–Kier alpha value is -3.62. The van der Waals surface area contributed by atoms with Crippen LogP contribution in [0.2, 0.25) is 0 Å². The van der Waals surface area contributed by atoms with Crippen LogP contribution in [0.1, 0.15) is 26.3 Å². The minimum absolute atomic E-state index is 0.149. The van der Waals surface area contributed by atoms with E-state index in [-0.39, 0.29) is 18.7 Å². The summed E-state index contributed by atoms with van der Waals surface area (Å²) < 4.78 is 38.7.